The molecule has 4 nitrogen and oxygen atoms in total. The van der Waals surface area contributed by atoms with Gasteiger partial charge in [0.2, 0.25) is 0 Å². The van der Waals surface area contributed by atoms with E-state index in [1.54, 1.807) is 12.1 Å². The molecule has 2 N–H and O–H groups in total. The Kier molecular flexibility index (Phi) is 2.81. The summed E-state index contributed by atoms with van der Waals surface area (Å²) in [6.07, 6.45) is 2.23. The van der Waals surface area contributed by atoms with E-state index in [2.05, 4.69) is 31.6 Å². The van der Waals surface area contributed by atoms with E-state index < -0.39 is 6.04 Å². The highest BCUT2D eigenvalue weighted by Gasteiger charge is 2.31. The second-order valence-electron chi connectivity index (χ2n) is 4.46. The molecule has 94 valence electrons. The molecule has 1 unspecified atom stereocenters. The van der Waals surface area contributed by atoms with Crippen molar-refractivity contribution in [2.45, 2.75) is 24.9 Å². The van der Waals surface area contributed by atoms with E-state index in [1.807, 2.05) is 0 Å². The third kappa shape index (κ3) is 2.25. The molecule has 1 amide bonds. The minimum Gasteiger partial charge on any atom is -0.353 e. The Morgan fingerprint density at radius 1 is 1.44 bits per heavy atom. The molecule has 3 rings (SSSR count). The summed E-state index contributed by atoms with van der Waals surface area (Å²) in [5.74, 6) is -0.0120. The largest absolute Gasteiger partial charge is 0.353 e. The topological polar surface area (TPSA) is 53.5 Å². The van der Waals surface area contributed by atoms with Gasteiger partial charge in [0.1, 0.15) is 5.82 Å². The molecule has 1 atom stereocenters. The zero-order valence-electron chi connectivity index (χ0n) is 9.41. The minimum absolute atomic E-state index is 0.184. The van der Waals surface area contributed by atoms with Crippen LogP contribution in [-0.4, -0.2) is 17.9 Å². The number of nitrogens with one attached hydrogen (secondary N) is 2. The molecule has 0 saturated heterocycles. The van der Waals surface area contributed by atoms with Gasteiger partial charge in [0, 0.05) is 6.04 Å². The van der Waals surface area contributed by atoms with Crippen LogP contribution in [0.1, 0.15) is 24.4 Å². The Balaban J connectivity index is 1.83. The summed E-state index contributed by atoms with van der Waals surface area (Å²) in [6.45, 7) is 0. The molecular weight excluding hydrogens is 301 g/mol. The summed E-state index contributed by atoms with van der Waals surface area (Å²) in [5.41, 5.74) is 0.674. The number of carbonyl (C=O) groups is 1. The van der Waals surface area contributed by atoms with Gasteiger partial charge in [-0.15, -0.1) is 0 Å². The first kappa shape index (κ1) is 11.6. The number of guanidine groups is 1. The van der Waals surface area contributed by atoms with Crippen LogP contribution >= 0.6 is 15.9 Å². The fourth-order valence-electron chi connectivity index (χ4n) is 1.81. The van der Waals surface area contributed by atoms with Crippen molar-refractivity contribution in [1.82, 2.24) is 10.6 Å². The highest BCUT2D eigenvalue weighted by Crippen LogP contribution is 2.26. The van der Waals surface area contributed by atoms with E-state index in [-0.39, 0.29) is 11.7 Å². The number of hydrogen-bond donors (Lipinski definition) is 2. The standard InChI is InChI=1S/C12H11BrFN3O/c13-8-5-6(1-4-9(8)14)10-11(18)17-12(16-10)15-7-2-3-7/h1,4-5,7,10H,2-3H2,(H2,15,16,17,18). The zero-order valence-corrected chi connectivity index (χ0v) is 11.0. The SMILES string of the molecule is O=C1NC(NC2CC2)=NC1c1ccc(F)c(Br)c1. The highest BCUT2D eigenvalue weighted by atomic mass is 79.9. The van der Waals surface area contributed by atoms with Crippen molar-refractivity contribution in [3.05, 3.63) is 34.1 Å². The summed E-state index contributed by atoms with van der Waals surface area (Å²) in [4.78, 5) is 16.1. The van der Waals surface area contributed by atoms with Gasteiger partial charge in [0.05, 0.1) is 4.47 Å². The number of benzene rings is 1. The van der Waals surface area contributed by atoms with Crippen LogP contribution in [0.2, 0.25) is 0 Å². The van der Waals surface area contributed by atoms with Crippen LogP contribution in [0.15, 0.2) is 27.7 Å². The minimum atomic E-state index is -0.594. The summed E-state index contributed by atoms with van der Waals surface area (Å²) in [7, 11) is 0. The van der Waals surface area contributed by atoms with Crippen LogP contribution in [-0.2, 0) is 4.79 Å². The van der Waals surface area contributed by atoms with E-state index in [0.717, 1.165) is 12.8 Å². The van der Waals surface area contributed by atoms with Gasteiger partial charge in [-0.3, -0.25) is 10.1 Å². The van der Waals surface area contributed by atoms with Gasteiger partial charge < -0.3 is 5.32 Å². The molecule has 1 heterocycles. The molecule has 0 bridgehead atoms. The van der Waals surface area contributed by atoms with Crippen molar-refractivity contribution in [3.63, 3.8) is 0 Å². The molecule has 18 heavy (non-hydrogen) atoms. The van der Waals surface area contributed by atoms with Crippen molar-refractivity contribution in [2.24, 2.45) is 4.99 Å². The second-order valence-corrected chi connectivity index (χ2v) is 5.32. The monoisotopic (exact) mass is 311 g/mol. The van der Waals surface area contributed by atoms with Crippen molar-refractivity contribution >= 4 is 27.8 Å². The molecule has 1 aliphatic carbocycles. The molecule has 1 aromatic carbocycles. The van der Waals surface area contributed by atoms with Crippen LogP contribution < -0.4 is 10.6 Å². The fraction of sp³-hybridized carbons (Fsp3) is 0.333. The summed E-state index contributed by atoms with van der Waals surface area (Å²) >= 11 is 3.11. The van der Waals surface area contributed by atoms with E-state index in [9.17, 15) is 9.18 Å². The molecule has 1 aliphatic heterocycles. The van der Waals surface area contributed by atoms with Crippen molar-refractivity contribution in [1.29, 1.82) is 0 Å². The van der Waals surface area contributed by atoms with Gasteiger partial charge >= 0.3 is 0 Å². The Labute approximate surface area is 112 Å². The van der Waals surface area contributed by atoms with Gasteiger partial charge in [0.15, 0.2) is 12.0 Å². The summed E-state index contributed by atoms with van der Waals surface area (Å²) < 4.78 is 13.5. The molecule has 1 aromatic rings. The van der Waals surface area contributed by atoms with Crippen LogP contribution in [0.4, 0.5) is 4.39 Å². The van der Waals surface area contributed by atoms with Crippen molar-refractivity contribution in [2.75, 3.05) is 0 Å². The molecule has 1 saturated carbocycles. The van der Waals surface area contributed by atoms with Crippen molar-refractivity contribution in [3.8, 4) is 0 Å². The highest BCUT2D eigenvalue weighted by molar-refractivity contribution is 9.10. The lowest BCUT2D eigenvalue weighted by atomic mass is 10.1. The summed E-state index contributed by atoms with van der Waals surface area (Å²) in [6, 6.07) is 4.33. The first-order chi connectivity index (χ1) is 8.63. The second kappa shape index (κ2) is 4.35. The molecular formula is C12H11BrFN3O. The average Bonchev–Trinajstić information content (AvgIpc) is 3.06. The lowest BCUT2D eigenvalue weighted by Gasteiger charge is -2.05. The van der Waals surface area contributed by atoms with Gasteiger partial charge in [-0.05, 0) is 46.5 Å². The van der Waals surface area contributed by atoms with Crippen LogP contribution in [0.3, 0.4) is 0 Å². The Bertz CT molecular complexity index is 542. The predicted molar refractivity (Wildman–Crippen MR) is 68.6 cm³/mol. The van der Waals surface area contributed by atoms with Gasteiger partial charge in [-0.25, -0.2) is 9.38 Å². The first-order valence-corrected chi connectivity index (χ1v) is 6.53. The average molecular weight is 312 g/mol. The number of halogens is 2. The summed E-state index contributed by atoms with van der Waals surface area (Å²) in [5, 5.41) is 5.84. The number of amides is 1. The third-order valence-corrected chi connectivity index (χ3v) is 3.53. The third-order valence-electron chi connectivity index (χ3n) is 2.93. The van der Waals surface area contributed by atoms with E-state index in [4.69, 9.17) is 0 Å². The number of hydrogen-bond acceptors (Lipinski definition) is 3. The van der Waals surface area contributed by atoms with E-state index >= 15 is 0 Å². The molecule has 0 aromatic heterocycles. The molecule has 0 spiro atoms. The molecule has 6 heteroatoms. The van der Waals surface area contributed by atoms with E-state index in [1.165, 1.54) is 6.07 Å². The number of carbonyl (C=O) groups excluding carboxylic acids is 1. The first-order valence-electron chi connectivity index (χ1n) is 5.73. The smallest absolute Gasteiger partial charge is 0.256 e. The number of aliphatic imine (C=N–C) groups is 1. The predicted octanol–water partition coefficient (Wildman–Crippen LogP) is 1.87. The zero-order chi connectivity index (χ0) is 12.7. The lowest BCUT2D eigenvalue weighted by Crippen LogP contribution is -2.37. The van der Waals surface area contributed by atoms with Crippen LogP contribution in [0, 0.1) is 5.82 Å². The maximum atomic E-state index is 13.1. The Hall–Kier alpha value is -1.43. The Morgan fingerprint density at radius 2 is 2.22 bits per heavy atom. The fourth-order valence-corrected chi connectivity index (χ4v) is 2.20. The van der Waals surface area contributed by atoms with Crippen molar-refractivity contribution < 1.29 is 9.18 Å². The normalized spacial score (nSPS) is 22.7. The maximum absolute atomic E-state index is 13.1. The number of rotatable bonds is 2. The molecule has 0 radical (unpaired) electrons. The molecule has 1 fully saturated rings. The lowest BCUT2D eigenvalue weighted by molar-refractivity contribution is -0.120. The Morgan fingerprint density at radius 3 is 2.89 bits per heavy atom. The molecule has 2 aliphatic rings. The quantitative estimate of drug-likeness (QED) is 0.876. The van der Waals surface area contributed by atoms with E-state index in [0.29, 0.717) is 22.0 Å². The van der Waals surface area contributed by atoms with Crippen LogP contribution in [0.5, 0.6) is 0 Å². The van der Waals surface area contributed by atoms with Gasteiger partial charge in [0.25, 0.3) is 5.91 Å². The van der Waals surface area contributed by atoms with Crippen LogP contribution in [0.25, 0.3) is 0 Å². The maximum Gasteiger partial charge on any atom is 0.256 e. The van der Waals surface area contributed by atoms with Gasteiger partial charge in [-0.2, -0.15) is 0 Å². The number of nitrogens with zero attached hydrogens (tertiary/aromatic N) is 1. The van der Waals surface area contributed by atoms with Gasteiger partial charge in [-0.1, -0.05) is 6.07 Å².